The van der Waals surface area contributed by atoms with E-state index >= 15 is 0 Å². The number of amides is 2. The molecule has 1 aliphatic rings. The second-order valence-corrected chi connectivity index (χ2v) is 10.1. The summed E-state index contributed by atoms with van der Waals surface area (Å²) in [4.78, 5) is 26.6. The molecule has 0 unspecified atom stereocenters. The second kappa shape index (κ2) is 11.7. The number of nitrogens with zero attached hydrogens (tertiary/aromatic N) is 5. The number of carbonyl (C=O) groups excluding carboxylic acids is 2. The maximum Gasteiger partial charge on any atom is 0.300 e. The fraction of sp³-hybridized carbons (Fsp3) is 0.200. The van der Waals surface area contributed by atoms with Crippen molar-refractivity contribution in [3.05, 3.63) is 83.6 Å². The molecule has 1 saturated heterocycles. The minimum atomic E-state index is -0.161. The Kier molecular flexibility index (Phi) is 7.77. The largest absolute Gasteiger partial charge is 0.438 e. The van der Waals surface area contributed by atoms with Crippen molar-refractivity contribution in [3.8, 4) is 5.19 Å². The molecule has 0 aliphatic carbocycles. The van der Waals surface area contributed by atoms with Gasteiger partial charge in [0.15, 0.2) is 0 Å². The Balaban J connectivity index is 1.09. The Labute approximate surface area is 221 Å². The first kappa shape index (κ1) is 24.5. The highest BCUT2D eigenvalue weighted by Crippen LogP contribution is 2.29. The van der Waals surface area contributed by atoms with Crippen LogP contribution in [0.1, 0.15) is 17.5 Å². The molecule has 0 spiro atoms. The van der Waals surface area contributed by atoms with Gasteiger partial charge in [0.25, 0.3) is 0 Å². The zero-order valence-electron chi connectivity index (χ0n) is 19.7. The molecule has 2 N–H and O–H groups in total. The molecule has 2 aromatic heterocycles. The molecule has 0 atom stereocenters. The van der Waals surface area contributed by atoms with Crippen LogP contribution in [0, 0.1) is 0 Å². The van der Waals surface area contributed by atoms with Crippen LogP contribution in [-0.4, -0.2) is 45.3 Å². The summed E-state index contributed by atoms with van der Waals surface area (Å²) in [6.07, 6.45) is 3.02. The molecule has 12 heteroatoms. The summed E-state index contributed by atoms with van der Waals surface area (Å²) in [7, 11) is 0. The van der Waals surface area contributed by atoms with Gasteiger partial charge in [-0.1, -0.05) is 77.1 Å². The van der Waals surface area contributed by atoms with Gasteiger partial charge in [0.05, 0.1) is 19.1 Å². The van der Waals surface area contributed by atoms with E-state index in [2.05, 4.69) is 35.9 Å². The van der Waals surface area contributed by atoms with E-state index in [1.807, 2.05) is 60.7 Å². The van der Waals surface area contributed by atoms with Crippen molar-refractivity contribution in [3.63, 3.8) is 0 Å². The molecule has 3 heterocycles. The Morgan fingerprint density at radius 3 is 2.08 bits per heavy atom. The molecule has 2 aromatic carbocycles. The van der Waals surface area contributed by atoms with E-state index in [4.69, 9.17) is 4.74 Å². The van der Waals surface area contributed by atoms with Gasteiger partial charge in [-0.05, 0) is 34.5 Å². The fourth-order valence-corrected chi connectivity index (χ4v) is 5.04. The lowest BCUT2D eigenvalue weighted by atomic mass is 10.1. The van der Waals surface area contributed by atoms with Gasteiger partial charge >= 0.3 is 5.19 Å². The minimum Gasteiger partial charge on any atom is -0.438 e. The van der Waals surface area contributed by atoms with E-state index in [0.717, 1.165) is 34.8 Å². The van der Waals surface area contributed by atoms with Gasteiger partial charge in [-0.25, -0.2) is 0 Å². The molecule has 188 valence electrons. The normalized spacial score (nSPS) is 14.1. The summed E-state index contributed by atoms with van der Waals surface area (Å²) in [6.45, 7) is 1.39. The smallest absolute Gasteiger partial charge is 0.300 e. The van der Waals surface area contributed by atoms with Gasteiger partial charge in [0.2, 0.25) is 27.2 Å². The summed E-state index contributed by atoms with van der Waals surface area (Å²) < 4.78 is 5.68. The van der Waals surface area contributed by atoms with Crippen LogP contribution in [0.5, 0.6) is 5.19 Å². The molecular weight excluding hydrogens is 510 g/mol. The summed E-state index contributed by atoms with van der Waals surface area (Å²) in [5.41, 5.74) is 2.93. The molecule has 0 radical (unpaired) electrons. The summed E-state index contributed by atoms with van der Waals surface area (Å²) in [5, 5.41) is 23.8. The molecule has 5 rings (SSSR count). The minimum absolute atomic E-state index is 0.128. The summed E-state index contributed by atoms with van der Waals surface area (Å²) in [5.74, 6) is -0.289. The molecule has 2 amide bonds. The van der Waals surface area contributed by atoms with Crippen LogP contribution < -0.4 is 20.3 Å². The zero-order chi connectivity index (χ0) is 25.5. The quantitative estimate of drug-likeness (QED) is 0.311. The number of aromatic nitrogens is 4. The highest BCUT2D eigenvalue weighted by molar-refractivity contribution is 7.19. The first-order valence-corrected chi connectivity index (χ1v) is 13.2. The number of hydrogen-bond acceptors (Lipinski definition) is 10. The van der Waals surface area contributed by atoms with Crippen LogP contribution in [0.4, 0.5) is 15.4 Å². The van der Waals surface area contributed by atoms with Crippen molar-refractivity contribution < 1.29 is 14.3 Å². The van der Waals surface area contributed by atoms with Gasteiger partial charge in [0, 0.05) is 13.1 Å². The van der Waals surface area contributed by atoms with Gasteiger partial charge in [0.1, 0.15) is 0 Å². The highest BCUT2D eigenvalue weighted by atomic mass is 32.1. The van der Waals surface area contributed by atoms with Crippen molar-refractivity contribution in [2.45, 2.75) is 19.3 Å². The van der Waals surface area contributed by atoms with Crippen LogP contribution in [0.15, 0.2) is 72.5 Å². The first-order chi connectivity index (χ1) is 18.1. The van der Waals surface area contributed by atoms with Crippen molar-refractivity contribution in [2.75, 3.05) is 28.6 Å². The summed E-state index contributed by atoms with van der Waals surface area (Å²) in [6, 6.07) is 19.1. The van der Waals surface area contributed by atoms with E-state index < -0.39 is 0 Å². The molecule has 1 aliphatic heterocycles. The van der Waals surface area contributed by atoms with E-state index in [-0.39, 0.29) is 24.7 Å². The number of benzene rings is 2. The van der Waals surface area contributed by atoms with E-state index in [1.165, 1.54) is 22.7 Å². The monoisotopic (exact) mass is 533 g/mol. The SMILES string of the molecule is O=C(Cc1ccccc1)Nc1nnc(O/C=C2\CCN(c3nnc(NC(=O)Cc4ccccc4)s3)C2)s1. The molecule has 0 saturated carbocycles. The third kappa shape index (κ3) is 6.96. The fourth-order valence-electron chi connectivity index (χ4n) is 3.67. The average Bonchev–Trinajstić information content (AvgIpc) is 3.65. The zero-order valence-corrected chi connectivity index (χ0v) is 21.3. The number of carbonyl (C=O) groups is 2. The lowest BCUT2D eigenvalue weighted by molar-refractivity contribution is -0.116. The topological polar surface area (TPSA) is 122 Å². The van der Waals surface area contributed by atoms with E-state index in [9.17, 15) is 9.59 Å². The van der Waals surface area contributed by atoms with Crippen LogP contribution >= 0.6 is 22.7 Å². The maximum atomic E-state index is 12.3. The molecular formula is C25H23N7O3S2. The Hall–Kier alpha value is -4.16. The van der Waals surface area contributed by atoms with E-state index in [1.54, 1.807) is 6.26 Å². The lowest BCUT2D eigenvalue weighted by Gasteiger charge is -2.11. The highest BCUT2D eigenvalue weighted by Gasteiger charge is 2.22. The number of anilines is 3. The predicted molar refractivity (Wildman–Crippen MR) is 143 cm³/mol. The molecule has 37 heavy (non-hydrogen) atoms. The molecule has 10 nitrogen and oxygen atoms in total. The number of ether oxygens (including phenoxy) is 1. The molecule has 0 bridgehead atoms. The molecule has 4 aromatic rings. The van der Waals surface area contributed by atoms with Crippen LogP contribution in [0.3, 0.4) is 0 Å². The van der Waals surface area contributed by atoms with Crippen molar-refractivity contribution in [1.82, 2.24) is 20.4 Å². The first-order valence-electron chi connectivity index (χ1n) is 11.5. The average molecular weight is 534 g/mol. The molecule has 1 fully saturated rings. The second-order valence-electron chi connectivity index (χ2n) is 8.25. The lowest BCUT2D eigenvalue weighted by Crippen LogP contribution is -2.17. The van der Waals surface area contributed by atoms with Crippen molar-refractivity contribution in [1.29, 1.82) is 0 Å². The third-order valence-electron chi connectivity index (χ3n) is 5.42. The van der Waals surface area contributed by atoms with Crippen LogP contribution in [-0.2, 0) is 22.4 Å². The number of rotatable bonds is 9. The number of hydrogen-bond donors (Lipinski definition) is 2. The Morgan fingerprint density at radius 2 is 1.43 bits per heavy atom. The van der Waals surface area contributed by atoms with Crippen molar-refractivity contribution >= 4 is 49.9 Å². The standard InChI is InChI=1S/C25H23N7O3S2/c33-20(13-17-7-3-1-4-8-17)26-22-28-30-24(36-22)32-12-11-19(15-32)16-35-25-31-29-23(37-25)27-21(34)14-18-9-5-2-6-10-18/h1-10,16H,11-15H2,(H,26,28,33)(H,27,29,34)/b19-16+. The number of nitrogens with one attached hydrogen (secondary N) is 2. The Morgan fingerprint density at radius 1 is 0.838 bits per heavy atom. The van der Waals surface area contributed by atoms with E-state index in [0.29, 0.717) is 22.0 Å². The van der Waals surface area contributed by atoms with Crippen LogP contribution in [0.25, 0.3) is 0 Å². The van der Waals surface area contributed by atoms with Gasteiger partial charge in [-0.15, -0.1) is 15.3 Å². The van der Waals surface area contributed by atoms with Gasteiger partial charge in [-0.2, -0.15) is 0 Å². The Bertz CT molecular complexity index is 1390. The van der Waals surface area contributed by atoms with Gasteiger partial charge in [-0.3, -0.25) is 9.59 Å². The van der Waals surface area contributed by atoms with Gasteiger partial charge < -0.3 is 20.3 Å². The maximum absolute atomic E-state index is 12.3. The predicted octanol–water partition coefficient (Wildman–Crippen LogP) is 3.93. The third-order valence-corrected chi connectivity index (χ3v) is 7.05. The van der Waals surface area contributed by atoms with Crippen LogP contribution in [0.2, 0.25) is 0 Å². The van der Waals surface area contributed by atoms with Crippen molar-refractivity contribution in [2.24, 2.45) is 0 Å². The summed E-state index contributed by atoms with van der Waals surface area (Å²) >= 11 is 2.50.